The Labute approximate surface area is 125 Å². The molecule has 0 saturated carbocycles. The van der Waals surface area contributed by atoms with Crippen molar-refractivity contribution >= 4 is 17.2 Å². The van der Waals surface area contributed by atoms with E-state index in [1.165, 1.54) is 12.8 Å². The van der Waals surface area contributed by atoms with Gasteiger partial charge in [-0.15, -0.1) is 11.3 Å². The molecule has 1 aromatic rings. The van der Waals surface area contributed by atoms with Gasteiger partial charge in [0.05, 0.1) is 5.54 Å². The summed E-state index contributed by atoms with van der Waals surface area (Å²) in [6.07, 6.45) is 4.76. The molecule has 112 valence electrons. The highest BCUT2D eigenvalue weighted by atomic mass is 32.1. The van der Waals surface area contributed by atoms with Crippen molar-refractivity contribution in [3.63, 3.8) is 0 Å². The fraction of sp³-hybridized carbons (Fsp3) is 0.733. The molecule has 1 unspecified atom stereocenters. The van der Waals surface area contributed by atoms with Gasteiger partial charge in [-0.3, -0.25) is 4.79 Å². The fourth-order valence-electron chi connectivity index (χ4n) is 2.86. The summed E-state index contributed by atoms with van der Waals surface area (Å²) in [4.78, 5) is 16.6. The van der Waals surface area contributed by atoms with E-state index in [1.54, 1.807) is 17.5 Å². The van der Waals surface area contributed by atoms with E-state index < -0.39 is 0 Å². The van der Waals surface area contributed by atoms with Gasteiger partial charge >= 0.3 is 0 Å². The van der Waals surface area contributed by atoms with Crippen LogP contribution in [0.15, 0.2) is 11.6 Å². The van der Waals surface area contributed by atoms with Gasteiger partial charge in [-0.1, -0.05) is 6.92 Å². The zero-order chi connectivity index (χ0) is 14.6. The quantitative estimate of drug-likeness (QED) is 0.877. The number of piperidine rings is 1. The van der Waals surface area contributed by atoms with Crippen LogP contribution in [0.5, 0.6) is 0 Å². The number of rotatable bonds is 5. The van der Waals surface area contributed by atoms with Crippen molar-refractivity contribution in [2.45, 2.75) is 45.6 Å². The van der Waals surface area contributed by atoms with Crippen molar-refractivity contribution in [3.8, 4) is 0 Å². The van der Waals surface area contributed by atoms with Crippen molar-refractivity contribution < 1.29 is 4.79 Å². The summed E-state index contributed by atoms with van der Waals surface area (Å²) in [6.45, 7) is 8.40. The molecule has 1 aliphatic rings. The first kappa shape index (κ1) is 15.4. The van der Waals surface area contributed by atoms with Gasteiger partial charge in [0.25, 0.3) is 0 Å². The minimum absolute atomic E-state index is 0.135. The molecule has 2 N–H and O–H groups in total. The fourth-order valence-corrected chi connectivity index (χ4v) is 3.58. The maximum absolute atomic E-state index is 12.3. The summed E-state index contributed by atoms with van der Waals surface area (Å²) >= 11 is 1.58. The van der Waals surface area contributed by atoms with Crippen molar-refractivity contribution in [3.05, 3.63) is 16.6 Å². The Balaban J connectivity index is 1.85. The smallest absolute Gasteiger partial charge is 0.221 e. The number of hydrogen-bond donors (Lipinski definition) is 2. The molecule has 2 rings (SSSR count). The largest absolute Gasteiger partial charge is 0.345 e. The SMILES string of the molecule is CC(CC(=O)NC(C)(C)c1nccs1)C1CCNCC1. The minimum atomic E-state index is -0.376. The Morgan fingerprint density at radius 2 is 2.25 bits per heavy atom. The zero-order valence-electron chi connectivity index (χ0n) is 12.6. The second-order valence-electron chi connectivity index (χ2n) is 6.28. The molecule has 1 saturated heterocycles. The number of amides is 1. The maximum atomic E-state index is 12.3. The van der Waals surface area contributed by atoms with Crippen LogP contribution < -0.4 is 10.6 Å². The molecule has 5 heteroatoms. The molecule has 0 aromatic carbocycles. The van der Waals surface area contributed by atoms with Crippen LogP contribution in [0.3, 0.4) is 0 Å². The molecule has 1 aromatic heterocycles. The first-order chi connectivity index (χ1) is 9.49. The summed E-state index contributed by atoms with van der Waals surface area (Å²) in [5.74, 6) is 1.26. The van der Waals surface area contributed by atoms with Gasteiger partial charge in [0.1, 0.15) is 5.01 Å². The van der Waals surface area contributed by atoms with E-state index in [-0.39, 0.29) is 11.4 Å². The van der Waals surface area contributed by atoms with Crippen molar-refractivity contribution in [2.24, 2.45) is 11.8 Å². The molecule has 20 heavy (non-hydrogen) atoms. The first-order valence-electron chi connectivity index (χ1n) is 7.41. The zero-order valence-corrected chi connectivity index (χ0v) is 13.4. The Hall–Kier alpha value is -0.940. The summed E-state index contributed by atoms with van der Waals surface area (Å²) in [5, 5.41) is 9.40. The number of thiazole rings is 1. The molecular formula is C15H25N3OS. The topological polar surface area (TPSA) is 54.0 Å². The molecule has 0 radical (unpaired) electrons. The van der Waals surface area contributed by atoms with Gasteiger partial charge in [0, 0.05) is 18.0 Å². The van der Waals surface area contributed by atoms with Crippen LogP contribution in [0, 0.1) is 11.8 Å². The van der Waals surface area contributed by atoms with Crippen molar-refractivity contribution in [1.82, 2.24) is 15.6 Å². The second-order valence-corrected chi connectivity index (χ2v) is 7.17. The molecule has 1 fully saturated rings. The maximum Gasteiger partial charge on any atom is 0.221 e. The molecular weight excluding hydrogens is 270 g/mol. The normalized spacial score (nSPS) is 18.8. The van der Waals surface area contributed by atoms with E-state index in [1.807, 2.05) is 19.2 Å². The standard InChI is InChI=1S/C15H25N3OS/c1-11(12-4-6-16-7-5-12)10-13(19)18-15(2,3)14-17-8-9-20-14/h8-9,11-12,16H,4-7,10H2,1-3H3,(H,18,19). The number of carbonyl (C=O) groups is 1. The lowest BCUT2D eigenvalue weighted by Gasteiger charge is -2.29. The highest BCUT2D eigenvalue weighted by molar-refractivity contribution is 7.09. The average molecular weight is 295 g/mol. The highest BCUT2D eigenvalue weighted by Crippen LogP contribution is 2.26. The lowest BCUT2D eigenvalue weighted by atomic mass is 9.84. The third kappa shape index (κ3) is 4.03. The van der Waals surface area contributed by atoms with Gasteiger partial charge in [-0.25, -0.2) is 4.98 Å². The van der Waals surface area contributed by atoms with Gasteiger partial charge in [0.2, 0.25) is 5.91 Å². The monoisotopic (exact) mass is 295 g/mol. The molecule has 2 heterocycles. The van der Waals surface area contributed by atoms with Crippen LogP contribution >= 0.6 is 11.3 Å². The van der Waals surface area contributed by atoms with E-state index in [0.717, 1.165) is 18.1 Å². The number of carbonyl (C=O) groups excluding carboxylic acids is 1. The summed E-state index contributed by atoms with van der Waals surface area (Å²) < 4.78 is 0. The minimum Gasteiger partial charge on any atom is -0.345 e. The summed E-state index contributed by atoms with van der Waals surface area (Å²) in [5.41, 5.74) is -0.376. The predicted octanol–water partition coefficient (Wildman–Crippen LogP) is 2.52. The van der Waals surface area contributed by atoms with E-state index in [4.69, 9.17) is 0 Å². The molecule has 1 atom stereocenters. The Kier molecular flexibility index (Phi) is 5.16. The molecule has 0 bridgehead atoms. The first-order valence-corrected chi connectivity index (χ1v) is 8.28. The Bertz CT molecular complexity index is 424. The van der Waals surface area contributed by atoms with Gasteiger partial charge in [0.15, 0.2) is 0 Å². The van der Waals surface area contributed by atoms with E-state index in [2.05, 4.69) is 22.5 Å². The van der Waals surface area contributed by atoms with Gasteiger partial charge in [-0.05, 0) is 51.6 Å². The molecule has 4 nitrogen and oxygen atoms in total. The van der Waals surface area contributed by atoms with Crippen LogP contribution in [0.1, 0.15) is 45.0 Å². The Morgan fingerprint density at radius 1 is 1.55 bits per heavy atom. The molecule has 1 aliphatic heterocycles. The molecule has 1 amide bonds. The van der Waals surface area contributed by atoms with Crippen LogP contribution in [0.4, 0.5) is 0 Å². The van der Waals surface area contributed by atoms with Crippen LogP contribution in [-0.4, -0.2) is 24.0 Å². The lowest BCUT2D eigenvalue weighted by molar-refractivity contribution is -0.124. The summed E-state index contributed by atoms with van der Waals surface area (Å²) in [6, 6.07) is 0. The number of aromatic nitrogens is 1. The number of hydrogen-bond acceptors (Lipinski definition) is 4. The lowest BCUT2D eigenvalue weighted by Crippen LogP contribution is -2.42. The van der Waals surface area contributed by atoms with Gasteiger partial charge < -0.3 is 10.6 Å². The number of nitrogens with zero attached hydrogens (tertiary/aromatic N) is 1. The van der Waals surface area contributed by atoms with Crippen LogP contribution in [0.25, 0.3) is 0 Å². The van der Waals surface area contributed by atoms with E-state index >= 15 is 0 Å². The van der Waals surface area contributed by atoms with Gasteiger partial charge in [-0.2, -0.15) is 0 Å². The molecule has 0 aliphatic carbocycles. The summed E-state index contributed by atoms with van der Waals surface area (Å²) in [7, 11) is 0. The predicted molar refractivity (Wildman–Crippen MR) is 82.7 cm³/mol. The number of nitrogens with one attached hydrogen (secondary N) is 2. The van der Waals surface area contributed by atoms with Crippen molar-refractivity contribution in [2.75, 3.05) is 13.1 Å². The second kappa shape index (κ2) is 6.68. The molecule has 0 spiro atoms. The van der Waals surface area contributed by atoms with Crippen molar-refractivity contribution in [1.29, 1.82) is 0 Å². The highest BCUT2D eigenvalue weighted by Gasteiger charge is 2.28. The average Bonchev–Trinajstić information content (AvgIpc) is 2.93. The van der Waals surface area contributed by atoms with Crippen LogP contribution in [-0.2, 0) is 10.3 Å². The van der Waals surface area contributed by atoms with Crippen LogP contribution in [0.2, 0.25) is 0 Å². The third-order valence-corrected chi connectivity index (χ3v) is 5.21. The Morgan fingerprint density at radius 3 is 2.85 bits per heavy atom. The third-order valence-electron chi connectivity index (χ3n) is 4.11. The van der Waals surface area contributed by atoms with E-state index in [9.17, 15) is 4.79 Å². The van der Waals surface area contributed by atoms with E-state index in [0.29, 0.717) is 18.3 Å².